The Bertz CT molecular complexity index is 1960. The van der Waals surface area contributed by atoms with Crippen molar-refractivity contribution in [3.8, 4) is 5.69 Å². The molecule has 11 heteroatoms. The molecular formula is C29H25N9O2. The first-order chi connectivity index (χ1) is 19.4. The predicted octanol–water partition coefficient (Wildman–Crippen LogP) is 3.70. The molecule has 0 fully saturated rings. The fraction of sp³-hybridized carbons (Fsp3) is 0.103. The first-order valence-corrected chi connectivity index (χ1v) is 12.6. The second-order valence-electron chi connectivity index (χ2n) is 9.31. The molecule has 1 amide bonds. The summed E-state index contributed by atoms with van der Waals surface area (Å²) in [7, 11) is 0. The molecule has 6 aromatic rings. The second kappa shape index (κ2) is 9.95. The molecule has 11 nitrogen and oxygen atoms in total. The maximum atomic E-state index is 14.1. The second-order valence-corrected chi connectivity index (χ2v) is 9.31. The summed E-state index contributed by atoms with van der Waals surface area (Å²) in [4.78, 5) is 36.8. The quantitative estimate of drug-likeness (QED) is 0.297. The van der Waals surface area contributed by atoms with E-state index in [9.17, 15) is 9.59 Å². The van der Waals surface area contributed by atoms with Crippen molar-refractivity contribution in [1.82, 2.24) is 39.7 Å². The van der Waals surface area contributed by atoms with Crippen molar-refractivity contribution in [3.63, 3.8) is 0 Å². The van der Waals surface area contributed by atoms with Crippen LogP contribution in [-0.4, -0.2) is 40.3 Å². The molecule has 0 unspecified atom stereocenters. The van der Waals surface area contributed by atoms with Gasteiger partial charge in [0.2, 0.25) is 0 Å². The number of nitrogens with two attached hydrogens (primary N) is 1. The number of benzene rings is 2. The van der Waals surface area contributed by atoms with Crippen molar-refractivity contribution in [2.45, 2.75) is 19.9 Å². The number of anilines is 1. The van der Waals surface area contributed by atoms with Gasteiger partial charge in [0.25, 0.3) is 11.5 Å². The molecule has 0 saturated heterocycles. The molecule has 0 radical (unpaired) electrons. The average Bonchev–Trinajstić information content (AvgIpc) is 3.60. The summed E-state index contributed by atoms with van der Waals surface area (Å²) in [5, 5.41) is 14.5. The van der Waals surface area contributed by atoms with Gasteiger partial charge in [-0.05, 0) is 55.8 Å². The van der Waals surface area contributed by atoms with Gasteiger partial charge in [0.1, 0.15) is 11.4 Å². The van der Waals surface area contributed by atoms with Crippen molar-refractivity contribution in [3.05, 3.63) is 112 Å². The molecule has 40 heavy (non-hydrogen) atoms. The standard InChI is InChI=1S/C29H25N9O2/c1-17-13-15-31-27-24(25(30)36-38(17)27)28(39)33-18(2)26-34-22-10-6-7-19(11-12-20-14-16-32-35-20)23(22)29(40)37(26)21-8-4-3-5-9-21/h3-16,18H,1-2H3,(H2,30,36)(H,32,35)(H,33,39)/b12-11+/t18-/m0/s1. The Morgan fingerprint density at radius 3 is 2.65 bits per heavy atom. The van der Waals surface area contributed by atoms with Gasteiger partial charge in [0, 0.05) is 18.1 Å². The van der Waals surface area contributed by atoms with Crippen LogP contribution in [0.1, 0.15) is 46.1 Å². The monoisotopic (exact) mass is 531 g/mol. The van der Waals surface area contributed by atoms with Crippen LogP contribution in [-0.2, 0) is 0 Å². The van der Waals surface area contributed by atoms with Crippen LogP contribution in [0.3, 0.4) is 0 Å². The third-order valence-electron chi connectivity index (χ3n) is 6.63. The van der Waals surface area contributed by atoms with Crippen LogP contribution in [0.4, 0.5) is 5.82 Å². The van der Waals surface area contributed by atoms with Crippen LogP contribution < -0.4 is 16.6 Å². The predicted molar refractivity (Wildman–Crippen MR) is 153 cm³/mol. The van der Waals surface area contributed by atoms with Crippen LogP contribution in [0.2, 0.25) is 0 Å². The van der Waals surface area contributed by atoms with E-state index in [2.05, 4.69) is 25.6 Å². The summed E-state index contributed by atoms with van der Waals surface area (Å²) < 4.78 is 3.06. The van der Waals surface area contributed by atoms with Gasteiger partial charge in [0.05, 0.1) is 28.3 Å². The molecule has 2 aromatic carbocycles. The third-order valence-corrected chi connectivity index (χ3v) is 6.63. The zero-order valence-electron chi connectivity index (χ0n) is 21.7. The number of aryl methyl sites for hydroxylation is 1. The van der Waals surface area contributed by atoms with Gasteiger partial charge in [-0.15, -0.1) is 5.10 Å². The number of aromatic amines is 1. The number of nitrogens with one attached hydrogen (secondary N) is 2. The number of nitrogens with zero attached hydrogens (tertiary/aromatic N) is 6. The number of hydrogen-bond donors (Lipinski definition) is 3. The molecule has 0 aliphatic heterocycles. The number of para-hydroxylation sites is 1. The summed E-state index contributed by atoms with van der Waals surface area (Å²) >= 11 is 0. The van der Waals surface area contributed by atoms with Crippen LogP contribution >= 0.6 is 0 Å². The summed E-state index contributed by atoms with van der Waals surface area (Å²) in [5.74, 6) is -0.0404. The van der Waals surface area contributed by atoms with E-state index < -0.39 is 11.9 Å². The van der Waals surface area contributed by atoms with Crippen molar-refractivity contribution in [2.75, 3.05) is 5.73 Å². The maximum Gasteiger partial charge on any atom is 0.266 e. The zero-order valence-corrected chi connectivity index (χ0v) is 21.7. The Morgan fingerprint density at radius 2 is 1.88 bits per heavy atom. The lowest BCUT2D eigenvalue weighted by atomic mass is 10.1. The number of carbonyl (C=O) groups is 1. The minimum Gasteiger partial charge on any atom is -0.381 e. The van der Waals surface area contributed by atoms with Crippen LogP contribution in [0, 0.1) is 6.92 Å². The first-order valence-electron chi connectivity index (χ1n) is 12.6. The molecule has 4 N–H and O–H groups in total. The Hall–Kier alpha value is -5.58. The van der Waals surface area contributed by atoms with Gasteiger partial charge >= 0.3 is 0 Å². The molecule has 0 aliphatic carbocycles. The van der Waals surface area contributed by atoms with Gasteiger partial charge in [-0.3, -0.25) is 19.3 Å². The molecule has 1 atom stereocenters. The lowest BCUT2D eigenvalue weighted by Gasteiger charge is -2.20. The topological polar surface area (TPSA) is 149 Å². The largest absolute Gasteiger partial charge is 0.381 e. The third kappa shape index (κ3) is 4.29. The van der Waals surface area contributed by atoms with Crippen LogP contribution in [0.15, 0.2) is 77.9 Å². The number of nitrogen functional groups attached to an aromatic ring is 1. The lowest BCUT2D eigenvalue weighted by molar-refractivity contribution is 0.0940. The van der Waals surface area contributed by atoms with Crippen molar-refractivity contribution in [1.29, 1.82) is 0 Å². The summed E-state index contributed by atoms with van der Waals surface area (Å²) in [5.41, 5.74) is 9.80. The van der Waals surface area contributed by atoms with E-state index in [1.54, 1.807) is 31.5 Å². The maximum absolute atomic E-state index is 14.1. The average molecular weight is 532 g/mol. The summed E-state index contributed by atoms with van der Waals surface area (Å²) in [6.07, 6.45) is 6.96. The molecule has 0 bridgehead atoms. The SMILES string of the molecule is Cc1ccnc2c(C(=O)N[C@@H](C)c3nc4cccc(/C=C/c5ccn[nH]5)c4c(=O)n3-c3ccccc3)c(N)nn12. The highest BCUT2D eigenvalue weighted by Crippen LogP contribution is 2.23. The van der Waals surface area contributed by atoms with E-state index in [0.29, 0.717) is 33.6 Å². The van der Waals surface area contributed by atoms with Gasteiger partial charge in [-0.2, -0.15) is 5.10 Å². The van der Waals surface area contributed by atoms with Gasteiger partial charge in [0.15, 0.2) is 11.5 Å². The minimum absolute atomic E-state index is 0.0621. The number of amides is 1. The van der Waals surface area contributed by atoms with E-state index in [-0.39, 0.29) is 16.9 Å². The van der Waals surface area contributed by atoms with Crippen molar-refractivity contribution < 1.29 is 4.79 Å². The Balaban J connectivity index is 1.47. The van der Waals surface area contributed by atoms with E-state index in [1.165, 1.54) is 9.08 Å². The minimum atomic E-state index is -0.673. The van der Waals surface area contributed by atoms with Crippen molar-refractivity contribution in [2.24, 2.45) is 0 Å². The smallest absolute Gasteiger partial charge is 0.266 e. The highest BCUT2D eigenvalue weighted by atomic mass is 16.2. The Morgan fingerprint density at radius 1 is 1.05 bits per heavy atom. The molecule has 198 valence electrons. The number of H-pyrrole nitrogens is 1. The van der Waals surface area contributed by atoms with Gasteiger partial charge in [-0.1, -0.05) is 36.4 Å². The van der Waals surface area contributed by atoms with Gasteiger partial charge in [-0.25, -0.2) is 14.5 Å². The highest BCUT2D eigenvalue weighted by Gasteiger charge is 2.25. The highest BCUT2D eigenvalue weighted by molar-refractivity contribution is 6.04. The van der Waals surface area contributed by atoms with Crippen LogP contribution in [0.25, 0.3) is 34.4 Å². The number of fused-ring (bicyclic) bond motifs is 2. The van der Waals surface area contributed by atoms with E-state index >= 15 is 0 Å². The molecule has 0 spiro atoms. The lowest BCUT2D eigenvalue weighted by Crippen LogP contribution is -2.33. The summed E-state index contributed by atoms with van der Waals surface area (Å²) in [6.45, 7) is 3.62. The Labute approximate surface area is 228 Å². The van der Waals surface area contributed by atoms with Crippen molar-refractivity contribution >= 4 is 40.4 Å². The number of carbonyl (C=O) groups excluding carboxylic acids is 1. The van der Waals surface area contributed by atoms with E-state index in [4.69, 9.17) is 10.7 Å². The summed E-state index contributed by atoms with van der Waals surface area (Å²) in [6, 6.07) is 17.6. The number of hydrogen-bond acceptors (Lipinski definition) is 7. The zero-order chi connectivity index (χ0) is 27.8. The molecule has 6 rings (SSSR count). The normalized spacial score (nSPS) is 12.3. The fourth-order valence-electron chi connectivity index (χ4n) is 4.70. The van der Waals surface area contributed by atoms with Crippen LogP contribution in [0.5, 0.6) is 0 Å². The van der Waals surface area contributed by atoms with E-state index in [0.717, 1.165) is 11.4 Å². The molecule has 4 heterocycles. The molecule has 0 aliphatic rings. The molecule has 0 saturated carbocycles. The molecule has 4 aromatic heterocycles. The van der Waals surface area contributed by atoms with E-state index in [1.807, 2.05) is 67.6 Å². The Kier molecular flexibility index (Phi) is 6.15. The number of rotatable bonds is 6. The fourth-order valence-corrected chi connectivity index (χ4v) is 4.70. The van der Waals surface area contributed by atoms with Gasteiger partial charge < -0.3 is 11.1 Å². The first kappa shape index (κ1) is 24.7. The molecular weight excluding hydrogens is 506 g/mol. The number of aromatic nitrogens is 7.